The van der Waals surface area contributed by atoms with E-state index < -0.39 is 0 Å². The van der Waals surface area contributed by atoms with E-state index in [0.717, 1.165) is 56.0 Å². The Bertz CT molecular complexity index is 513. The minimum atomic E-state index is 0. The summed E-state index contributed by atoms with van der Waals surface area (Å²) in [5.41, 5.74) is 1.99. The first-order valence-corrected chi connectivity index (χ1v) is 9.75. The van der Waals surface area contributed by atoms with Gasteiger partial charge in [0, 0.05) is 18.5 Å². The second-order valence-corrected chi connectivity index (χ2v) is 6.81. The summed E-state index contributed by atoms with van der Waals surface area (Å²) in [6.07, 6.45) is 8.91. The molecule has 1 heterocycles. The minimum absolute atomic E-state index is 0. The number of aryl methyl sites for hydroxylation is 1. The SMILES string of the molecule is CCCCCOc1ccc(C(=O)CCN2CCCCC2)cc1CC.Cl. The molecule has 1 aliphatic heterocycles. The Labute approximate surface area is 159 Å². The first-order valence-electron chi connectivity index (χ1n) is 9.75. The summed E-state index contributed by atoms with van der Waals surface area (Å²) in [4.78, 5) is 14.9. The van der Waals surface area contributed by atoms with Crippen LogP contribution >= 0.6 is 12.4 Å². The molecular weight excluding hydrogens is 334 g/mol. The number of carbonyl (C=O) groups is 1. The Morgan fingerprint density at radius 2 is 1.88 bits per heavy atom. The number of hydrogen-bond acceptors (Lipinski definition) is 3. The summed E-state index contributed by atoms with van der Waals surface area (Å²) in [7, 11) is 0. The number of piperidine rings is 1. The van der Waals surface area contributed by atoms with Crippen LogP contribution in [0.25, 0.3) is 0 Å². The van der Waals surface area contributed by atoms with Crippen LogP contribution in [-0.4, -0.2) is 36.9 Å². The molecule has 1 aliphatic rings. The molecule has 1 fully saturated rings. The molecule has 0 spiro atoms. The summed E-state index contributed by atoms with van der Waals surface area (Å²) in [5.74, 6) is 1.20. The average molecular weight is 368 g/mol. The molecule has 0 saturated carbocycles. The Morgan fingerprint density at radius 1 is 1.12 bits per heavy atom. The first-order chi connectivity index (χ1) is 11.7. The van der Waals surface area contributed by atoms with Gasteiger partial charge in [-0.15, -0.1) is 12.4 Å². The zero-order valence-corrected chi connectivity index (χ0v) is 16.7. The highest BCUT2D eigenvalue weighted by Crippen LogP contribution is 2.22. The number of unbranched alkanes of at least 4 members (excludes halogenated alkanes) is 2. The lowest BCUT2D eigenvalue weighted by Crippen LogP contribution is -2.31. The molecule has 0 radical (unpaired) electrons. The van der Waals surface area contributed by atoms with Crippen molar-refractivity contribution in [3.8, 4) is 5.75 Å². The van der Waals surface area contributed by atoms with Crippen LogP contribution in [0.1, 0.15) is 74.7 Å². The Kier molecular flexibility index (Phi) is 10.8. The molecular formula is C21H34ClNO2. The van der Waals surface area contributed by atoms with Crippen LogP contribution in [0.3, 0.4) is 0 Å². The zero-order valence-electron chi connectivity index (χ0n) is 15.9. The maximum atomic E-state index is 12.5. The number of Topliss-reactive ketones (excluding diaryl/α,β-unsaturated/α-hetero) is 1. The lowest BCUT2D eigenvalue weighted by molar-refractivity contribution is 0.0958. The van der Waals surface area contributed by atoms with E-state index in [1.54, 1.807) is 0 Å². The fourth-order valence-electron chi connectivity index (χ4n) is 3.29. The van der Waals surface area contributed by atoms with Gasteiger partial charge in [0.25, 0.3) is 0 Å². The van der Waals surface area contributed by atoms with Gasteiger partial charge in [0.2, 0.25) is 0 Å². The van der Waals surface area contributed by atoms with E-state index in [9.17, 15) is 4.79 Å². The molecule has 0 atom stereocenters. The molecule has 1 aromatic carbocycles. The molecule has 0 N–H and O–H groups in total. The quantitative estimate of drug-likeness (QED) is 0.415. The van der Waals surface area contributed by atoms with Crippen molar-refractivity contribution >= 4 is 18.2 Å². The lowest BCUT2D eigenvalue weighted by Gasteiger charge is -2.26. The number of carbonyl (C=O) groups excluding carboxylic acids is 1. The average Bonchev–Trinajstić information content (AvgIpc) is 2.64. The second kappa shape index (κ2) is 12.3. The van der Waals surface area contributed by atoms with Crippen LogP contribution in [0.2, 0.25) is 0 Å². The van der Waals surface area contributed by atoms with Gasteiger partial charge < -0.3 is 9.64 Å². The Hall–Kier alpha value is -1.06. The van der Waals surface area contributed by atoms with Crippen LogP contribution in [-0.2, 0) is 6.42 Å². The van der Waals surface area contributed by atoms with Gasteiger partial charge in [-0.2, -0.15) is 0 Å². The molecule has 4 heteroatoms. The molecule has 0 bridgehead atoms. The Morgan fingerprint density at radius 3 is 2.56 bits per heavy atom. The molecule has 0 aliphatic carbocycles. The lowest BCUT2D eigenvalue weighted by atomic mass is 10.0. The molecule has 1 aromatic rings. The highest BCUT2D eigenvalue weighted by Gasteiger charge is 2.14. The normalized spacial score (nSPS) is 14.8. The molecule has 3 nitrogen and oxygen atoms in total. The summed E-state index contributed by atoms with van der Waals surface area (Å²) in [6.45, 7) is 8.28. The van der Waals surface area contributed by atoms with Crippen molar-refractivity contribution in [3.63, 3.8) is 0 Å². The third-order valence-corrected chi connectivity index (χ3v) is 4.87. The van der Waals surface area contributed by atoms with Crippen molar-refractivity contribution in [1.29, 1.82) is 0 Å². The molecule has 142 valence electrons. The molecule has 0 unspecified atom stereocenters. The first kappa shape index (κ1) is 22.0. The van der Waals surface area contributed by atoms with Gasteiger partial charge in [-0.3, -0.25) is 4.79 Å². The predicted octanol–water partition coefficient (Wildman–Crippen LogP) is 5.30. The van der Waals surface area contributed by atoms with Crippen LogP contribution in [0.15, 0.2) is 18.2 Å². The van der Waals surface area contributed by atoms with Crippen LogP contribution in [0.5, 0.6) is 5.75 Å². The number of hydrogen-bond donors (Lipinski definition) is 0. The molecule has 2 rings (SSSR count). The van der Waals surface area contributed by atoms with Gasteiger partial charge in [-0.1, -0.05) is 33.1 Å². The smallest absolute Gasteiger partial charge is 0.164 e. The third-order valence-electron chi connectivity index (χ3n) is 4.87. The summed E-state index contributed by atoms with van der Waals surface area (Å²) < 4.78 is 5.90. The fraction of sp³-hybridized carbons (Fsp3) is 0.667. The minimum Gasteiger partial charge on any atom is -0.493 e. The molecule has 0 amide bonds. The van der Waals surface area contributed by atoms with Crippen molar-refractivity contribution in [2.24, 2.45) is 0 Å². The number of ketones is 1. The van der Waals surface area contributed by atoms with E-state index in [0.29, 0.717) is 6.42 Å². The maximum absolute atomic E-state index is 12.5. The van der Waals surface area contributed by atoms with Gasteiger partial charge >= 0.3 is 0 Å². The monoisotopic (exact) mass is 367 g/mol. The van der Waals surface area contributed by atoms with Crippen LogP contribution < -0.4 is 4.74 Å². The van der Waals surface area contributed by atoms with E-state index in [-0.39, 0.29) is 18.2 Å². The van der Waals surface area contributed by atoms with E-state index in [2.05, 4.69) is 18.7 Å². The number of ether oxygens (including phenoxy) is 1. The largest absolute Gasteiger partial charge is 0.493 e. The van der Waals surface area contributed by atoms with Crippen molar-refractivity contribution in [2.75, 3.05) is 26.2 Å². The number of rotatable bonds is 10. The van der Waals surface area contributed by atoms with Gasteiger partial charge in [-0.05, 0) is 62.5 Å². The van der Waals surface area contributed by atoms with Gasteiger partial charge in [0.1, 0.15) is 5.75 Å². The van der Waals surface area contributed by atoms with Gasteiger partial charge in [0.05, 0.1) is 6.61 Å². The number of benzene rings is 1. The topological polar surface area (TPSA) is 29.5 Å². The number of nitrogens with zero attached hydrogens (tertiary/aromatic N) is 1. The zero-order chi connectivity index (χ0) is 17.2. The molecule has 1 saturated heterocycles. The van der Waals surface area contributed by atoms with Gasteiger partial charge in [-0.25, -0.2) is 0 Å². The van der Waals surface area contributed by atoms with Crippen molar-refractivity contribution < 1.29 is 9.53 Å². The van der Waals surface area contributed by atoms with E-state index in [1.807, 2.05) is 18.2 Å². The van der Waals surface area contributed by atoms with Crippen LogP contribution in [0, 0.1) is 0 Å². The van der Waals surface area contributed by atoms with Crippen molar-refractivity contribution in [1.82, 2.24) is 4.90 Å². The second-order valence-electron chi connectivity index (χ2n) is 6.81. The van der Waals surface area contributed by atoms with E-state index in [1.165, 1.54) is 32.1 Å². The predicted molar refractivity (Wildman–Crippen MR) is 107 cm³/mol. The Balaban J connectivity index is 0.00000312. The molecule has 25 heavy (non-hydrogen) atoms. The highest BCUT2D eigenvalue weighted by atomic mass is 35.5. The standard InChI is InChI=1S/C21H33NO2.ClH/c1-3-5-9-16-24-21-11-10-19(17-18(21)4-2)20(23)12-15-22-13-7-6-8-14-22;/h10-11,17H,3-9,12-16H2,1-2H3;1H. The summed E-state index contributed by atoms with van der Waals surface area (Å²) >= 11 is 0. The van der Waals surface area contributed by atoms with E-state index in [4.69, 9.17) is 4.74 Å². The summed E-state index contributed by atoms with van der Waals surface area (Å²) in [6, 6.07) is 5.96. The number of likely N-dealkylation sites (tertiary alicyclic amines) is 1. The van der Waals surface area contributed by atoms with Gasteiger partial charge in [0.15, 0.2) is 5.78 Å². The van der Waals surface area contributed by atoms with Crippen molar-refractivity contribution in [3.05, 3.63) is 29.3 Å². The van der Waals surface area contributed by atoms with E-state index >= 15 is 0 Å². The van der Waals surface area contributed by atoms with Crippen molar-refractivity contribution in [2.45, 2.75) is 65.2 Å². The highest BCUT2D eigenvalue weighted by molar-refractivity contribution is 5.96. The van der Waals surface area contributed by atoms with Crippen LogP contribution in [0.4, 0.5) is 0 Å². The molecule has 0 aromatic heterocycles. The fourth-order valence-corrected chi connectivity index (χ4v) is 3.29. The third kappa shape index (κ3) is 7.37. The maximum Gasteiger partial charge on any atom is 0.164 e. The summed E-state index contributed by atoms with van der Waals surface area (Å²) in [5, 5.41) is 0. The number of halogens is 1.